The third-order valence-corrected chi connectivity index (χ3v) is 4.40. The van der Waals surface area contributed by atoms with Crippen LogP contribution in [0.3, 0.4) is 0 Å². The molecule has 0 amide bonds. The lowest BCUT2D eigenvalue weighted by molar-refractivity contribution is 0.171. The van der Waals surface area contributed by atoms with Crippen molar-refractivity contribution in [3.63, 3.8) is 0 Å². The van der Waals surface area contributed by atoms with E-state index in [1.807, 2.05) is 18.3 Å². The number of imidazole rings is 1. The molecule has 3 heterocycles. The minimum Gasteiger partial charge on any atom is -0.486 e. The zero-order valence-electron chi connectivity index (χ0n) is 11.4. The van der Waals surface area contributed by atoms with Gasteiger partial charge in [-0.1, -0.05) is 0 Å². The third-order valence-electron chi connectivity index (χ3n) is 3.56. The molecule has 0 spiro atoms. The quantitative estimate of drug-likeness (QED) is 0.806. The zero-order chi connectivity index (χ0) is 14.2. The van der Waals surface area contributed by atoms with Crippen LogP contribution in [0.4, 0.5) is 0 Å². The first-order valence-electron chi connectivity index (χ1n) is 6.91. The molecule has 0 aliphatic carbocycles. The van der Waals surface area contributed by atoms with Gasteiger partial charge in [0.1, 0.15) is 13.2 Å². The minimum absolute atomic E-state index is 0.596. The first-order chi connectivity index (χ1) is 10.4. The maximum absolute atomic E-state index is 5.69. The second-order valence-corrected chi connectivity index (χ2v) is 5.72. The number of rotatable bonds is 3. The molecule has 0 bridgehead atoms. The summed E-state index contributed by atoms with van der Waals surface area (Å²) in [7, 11) is 0. The summed E-state index contributed by atoms with van der Waals surface area (Å²) in [5.74, 6) is 1.61. The number of fused-ring (bicyclic) bond motifs is 2. The van der Waals surface area contributed by atoms with Crippen LogP contribution < -0.4 is 15.2 Å². The highest BCUT2D eigenvalue weighted by molar-refractivity contribution is 7.15. The van der Waals surface area contributed by atoms with Crippen LogP contribution >= 0.6 is 11.3 Å². The van der Waals surface area contributed by atoms with Gasteiger partial charge in [-0.2, -0.15) is 0 Å². The normalized spacial score (nSPS) is 13.8. The molecule has 21 heavy (non-hydrogen) atoms. The average molecular weight is 301 g/mol. The van der Waals surface area contributed by atoms with Crippen LogP contribution in [0.2, 0.25) is 0 Å². The van der Waals surface area contributed by atoms with E-state index >= 15 is 0 Å². The topological polar surface area (TPSA) is 61.8 Å². The van der Waals surface area contributed by atoms with E-state index in [1.165, 1.54) is 0 Å². The Hall–Kier alpha value is -2.05. The van der Waals surface area contributed by atoms with Gasteiger partial charge >= 0.3 is 0 Å². The molecule has 2 N–H and O–H groups in total. The van der Waals surface area contributed by atoms with Crippen molar-refractivity contribution in [1.82, 2.24) is 9.38 Å². The van der Waals surface area contributed by atoms with E-state index in [0.29, 0.717) is 19.8 Å². The lowest BCUT2D eigenvalue weighted by Gasteiger charge is -2.18. The van der Waals surface area contributed by atoms with E-state index in [2.05, 4.69) is 20.8 Å². The second-order valence-electron chi connectivity index (χ2n) is 4.89. The Morgan fingerprint density at radius 3 is 2.95 bits per heavy atom. The van der Waals surface area contributed by atoms with Gasteiger partial charge in [-0.25, -0.2) is 4.98 Å². The van der Waals surface area contributed by atoms with Crippen molar-refractivity contribution in [2.45, 2.75) is 6.42 Å². The van der Waals surface area contributed by atoms with Crippen molar-refractivity contribution < 1.29 is 9.47 Å². The summed E-state index contributed by atoms with van der Waals surface area (Å²) in [5, 5.41) is 2.12. The molecule has 3 aromatic rings. The fourth-order valence-electron chi connectivity index (χ4n) is 2.59. The third kappa shape index (κ3) is 2.07. The summed E-state index contributed by atoms with van der Waals surface area (Å²) in [5.41, 5.74) is 9.04. The number of aromatic nitrogens is 2. The predicted molar refractivity (Wildman–Crippen MR) is 82.3 cm³/mol. The number of nitrogens with zero attached hydrogens (tertiary/aromatic N) is 2. The summed E-state index contributed by atoms with van der Waals surface area (Å²) < 4.78 is 13.4. The fraction of sp³-hybridized carbons (Fsp3) is 0.267. The second kappa shape index (κ2) is 5.05. The summed E-state index contributed by atoms with van der Waals surface area (Å²) in [6, 6.07) is 6.05. The number of benzene rings is 1. The molecule has 4 rings (SSSR count). The molecule has 2 aromatic heterocycles. The van der Waals surface area contributed by atoms with Gasteiger partial charge in [0.05, 0.1) is 11.9 Å². The molecule has 5 nitrogen and oxygen atoms in total. The van der Waals surface area contributed by atoms with Gasteiger partial charge in [0, 0.05) is 23.1 Å². The Bertz CT molecular complexity index is 793. The number of ether oxygens (including phenoxy) is 2. The highest BCUT2D eigenvalue weighted by Gasteiger charge is 2.16. The van der Waals surface area contributed by atoms with Crippen molar-refractivity contribution in [2.75, 3.05) is 19.8 Å². The molecule has 0 radical (unpaired) electrons. The standard InChI is InChI=1S/C15H15N3O2S/c16-4-3-11-8-17-15-18(11)12(9-21-15)10-1-2-13-14(7-10)20-6-5-19-13/h1-2,7-9H,3-6,16H2. The smallest absolute Gasteiger partial charge is 0.194 e. The van der Waals surface area contributed by atoms with Crippen LogP contribution in [-0.2, 0) is 6.42 Å². The lowest BCUT2D eigenvalue weighted by atomic mass is 10.1. The van der Waals surface area contributed by atoms with E-state index in [1.54, 1.807) is 11.3 Å². The van der Waals surface area contributed by atoms with Gasteiger partial charge in [-0.05, 0) is 24.7 Å². The van der Waals surface area contributed by atoms with Crippen molar-refractivity contribution in [1.29, 1.82) is 0 Å². The van der Waals surface area contributed by atoms with Crippen LogP contribution in [0.15, 0.2) is 29.8 Å². The van der Waals surface area contributed by atoms with Gasteiger partial charge in [0.15, 0.2) is 16.5 Å². The van der Waals surface area contributed by atoms with E-state index in [9.17, 15) is 0 Å². The largest absolute Gasteiger partial charge is 0.486 e. The maximum Gasteiger partial charge on any atom is 0.194 e. The Kier molecular flexibility index (Phi) is 3.05. The molecule has 108 valence electrons. The maximum atomic E-state index is 5.69. The lowest BCUT2D eigenvalue weighted by Crippen LogP contribution is -2.15. The van der Waals surface area contributed by atoms with Crippen LogP contribution in [0.25, 0.3) is 16.2 Å². The number of hydrogen-bond donors (Lipinski definition) is 1. The van der Waals surface area contributed by atoms with Gasteiger partial charge in [-0.3, -0.25) is 4.40 Å². The Balaban J connectivity index is 1.84. The highest BCUT2D eigenvalue weighted by Crippen LogP contribution is 2.36. The van der Waals surface area contributed by atoms with Crippen molar-refractivity contribution in [3.05, 3.63) is 35.5 Å². The molecular formula is C15H15N3O2S. The SMILES string of the molecule is NCCc1cnc2scc(-c3ccc4c(c3)OCCO4)n12. The van der Waals surface area contributed by atoms with Gasteiger partial charge in [-0.15, -0.1) is 11.3 Å². The molecule has 0 unspecified atom stereocenters. The molecule has 6 heteroatoms. The number of hydrogen-bond acceptors (Lipinski definition) is 5. The molecule has 1 aromatic carbocycles. The Morgan fingerprint density at radius 2 is 2.10 bits per heavy atom. The molecule has 0 saturated carbocycles. The molecule has 1 aliphatic heterocycles. The van der Waals surface area contributed by atoms with Crippen molar-refractivity contribution in [2.24, 2.45) is 5.73 Å². The molecular weight excluding hydrogens is 286 g/mol. The zero-order valence-corrected chi connectivity index (χ0v) is 12.2. The number of nitrogens with two attached hydrogens (primary N) is 1. The first kappa shape index (κ1) is 12.7. The van der Waals surface area contributed by atoms with E-state index in [4.69, 9.17) is 15.2 Å². The Labute approximate surface area is 125 Å². The summed E-state index contributed by atoms with van der Waals surface area (Å²) in [4.78, 5) is 5.43. The minimum atomic E-state index is 0.596. The molecule has 1 aliphatic rings. The average Bonchev–Trinajstić information content (AvgIpc) is 3.10. The first-order valence-corrected chi connectivity index (χ1v) is 7.78. The number of thiazole rings is 1. The predicted octanol–water partition coefficient (Wildman–Crippen LogP) is 2.34. The molecule has 0 saturated heterocycles. The van der Waals surface area contributed by atoms with Crippen LogP contribution in [-0.4, -0.2) is 29.1 Å². The fourth-order valence-corrected chi connectivity index (χ4v) is 3.49. The van der Waals surface area contributed by atoms with Crippen molar-refractivity contribution in [3.8, 4) is 22.8 Å². The summed E-state index contributed by atoms with van der Waals surface area (Å²) >= 11 is 1.63. The van der Waals surface area contributed by atoms with Gasteiger partial charge in [0.25, 0.3) is 0 Å². The van der Waals surface area contributed by atoms with Crippen LogP contribution in [0.1, 0.15) is 5.69 Å². The van der Waals surface area contributed by atoms with Gasteiger partial charge in [0.2, 0.25) is 0 Å². The van der Waals surface area contributed by atoms with Crippen LogP contribution in [0, 0.1) is 0 Å². The molecule has 0 fully saturated rings. The monoisotopic (exact) mass is 301 g/mol. The summed E-state index contributed by atoms with van der Waals surface area (Å²) in [6.45, 7) is 1.82. The van der Waals surface area contributed by atoms with Gasteiger partial charge < -0.3 is 15.2 Å². The van der Waals surface area contributed by atoms with E-state index in [-0.39, 0.29) is 0 Å². The van der Waals surface area contributed by atoms with E-state index < -0.39 is 0 Å². The van der Waals surface area contributed by atoms with Crippen molar-refractivity contribution >= 4 is 16.3 Å². The Morgan fingerprint density at radius 1 is 1.24 bits per heavy atom. The highest BCUT2D eigenvalue weighted by atomic mass is 32.1. The summed E-state index contributed by atoms with van der Waals surface area (Å²) in [6.07, 6.45) is 2.72. The van der Waals surface area contributed by atoms with E-state index in [0.717, 1.165) is 39.8 Å². The molecule has 0 atom stereocenters. The van der Waals surface area contributed by atoms with Crippen LogP contribution in [0.5, 0.6) is 11.5 Å².